The van der Waals surface area contributed by atoms with Gasteiger partial charge in [-0.3, -0.25) is 4.57 Å². The molecule has 0 atom stereocenters. The summed E-state index contributed by atoms with van der Waals surface area (Å²) in [5.74, 6) is 1.62. The van der Waals surface area contributed by atoms with E-state index in [0.29, 0.717) is 0 Å². The summed E-state index contributed by atoms with van der Waals surface area (Å²) in [6.45, 7) is 0. The predicted molar refractivity (Wildman–Crippen MR) is 122 cm³/mol. The van der Waals surface area contributed by atoms with Gasteiger partial charge in [0.25, 0.3) is 0 Å². The van der Waals surface area contributed by atoms with Gasteiger partial charge in [0.15, 0.2) is 11.0 Å². The number of hydrogen-bond donors (Lipinski definition) is 0. The fourth-order valence-electron chi connectivity index (χ4n) is 2.96. The first-order valence-electron chi connectivity index (χ1n) is 9.06. The van der Waals surface area contributed by atoms with E-state index in [1.54, 1.807) is 34.4 Å². The van der Waals surface area contributed by atoms with Crippen LogP contribution in [0.1, 0.15) is 5.69 Å². The Labute approximate surface area is 180 Å². The molecule has 4 nitrogen and oxygen atoms in total. The Morgan fingerprint density at radius 1 is 0.828 bits per heavy atom. The summed E-state index contributed by atoms with van der Waals surface area (Å²) < 4.78 is 2.13. The highest BCUT2D eigenvalue weighted by molar-refractivity contribution is 7.98. The van der Waals surface area contributed by atoms with Crippen LogP contribution < -0.4 is 0 Å². The largest absolute Gasteiger partial charge is 0.269 e. The van der Waals surface area contributed by atoms with Crippen LogP contribution in [0.4, 0.5) is 0 Å². The summed E-state index contributed by atoms with van der Waals surface area (Å²) in [4.78, 5) is 5.90. The van der Waals surface area contributed by atoms with Gasteiger partial charge in [0.05, 0.1) is 10.6 Å². The minimum absolute atomic E-state index is 0.749. The van der Waals surface area contributed by atoms with E-state index in [0.717, 1.165) is 43.6 Å². The number of benzene rings is 2. The van der Waals surface area contributed by atoms with Crippen LogP contribution in [0.5, 0.6) is 0 Å². The van der Waals surface area contributed by atoms with Gasteiger partial charge in [0, 0.05) is 22.4 Å². The van der Waals surface area contributed by atoms with Crippen molar-refractivity contribution in [2.75, 3.05) is 0 Å². The maximum Gasteiger partial charge on any atom is 0.196 e. The molecule has 0 aliphatic heterocycles. The first-order valence-corrected chi connectivity index (χ1v) is 11.8. The highest BCUT2D eigenvalue weighted by atomic mass is 32.2. The molecule has 29 heavy (non-hydrogen) atoms. The molecular weight excluding hydrogens is 416 g/mol. The van der Waals surface area contributed by atoms with Gasteiger partial charge >= 0.3 is 0 Å². The van der Waals surface area contributed by atoms with Crippen LogP contribution in [-0.2, 0) is 5.75 Å². The van der Waals surface area contributed by atoms with Gasteiger partial charge in [-0.2, -0.15) is 0 Å². The standard InChI is InChI=1S/C22H16N4S3/c1-3-8-16(9-4-1)21-23-17(14-28-21)15-29-22-25-24-20(19-12-7-13-27-19)26(22)18-10-5-2-6-11-18/h1-14H,15H2. The topological polar surface area (TPSA) is 43.6 Å². The molecule has 0 unspecified atom stereocenters. The SMILES string of the molecule is c1ccc(-c2nc(CSc3nnc(-c4cccs4)n3-c3ccccc3)cs2)cc1. The molecule has 5 aromatic rings. The lowest BCUT2D eigenvalue weighted by Crippen LogP contribution is -1.98. The average molecular weight is 433 g/mol. The van der Waals surface area contributed by atoms with Gasteiger partial charge in [-0.05, 0) is 23.6 Å². The van der Waals surface area contributed by atoms with Crippen LogP contribution in [0, 0.1) is 0 Å². The Morgan fingerprint density at radius 3 is 2.38 bits per heavy atom. The van der Waals surface area contributed by atoms with Crippen LogP contribution in [0.15, 0.2) is 88.7 Å². The van der Waals surface area contributed by atoms with Crippen LogP contribution in [0.25, 0.3) is 27.0 Å². The Hall–Kier alpha value is -2.74. The zero-order valence-electron chi connectivity index (χ0n) is 15.3. The van der Waals surface area contributed by atoms with Crippen molar-refractivity contribution in [1.29, 1.82) is 0 Å². The third-order valence-electron chi connectivity index (χ3n) is 4.31. The Morgan fingerprint density at radius 2 is 1.62 bits per heavy atom. The van der Waals surface area contributed by atoms with Gasteiger partial charge in [-0.25, -0.2) is 4.98 Å². The van der Waals surface area contributed by atoms with E-state index in [9.17, 15) is 0 Å². The van der Waals surface area contributed by atoms with E-state index in [-0.39, 0.29) is 0 Å². The van der Waals surface area contributed by atoms with Gasteiger partial charge in [-0.15, -0.1) is 32.9 Å². The van der Waals surface area contributed by atoms with Crippen molar-refractivity contribution < 1.29 is 0 Å². The number of thiophene rings is 1. The summed E-state index contributed by atoms with van der Waals surface area (Å²) in [6.07, 6.45) is 0. The van der Waals surface area contributed by atoms with E-state index in [4.69, 9.17) is 4.98 Å². The summed E-state index contributed by atoms with van der Waals surface area (Å²) in [6, 6.07) is 24.7. The molecule has 0 saturated heterocycles. The zero-order chi connectivity index (χ0) is 19.5. The minimum atomic E-state index is 0.749. The van der Waals surface area contributed by atoms with E-state index < -0.39 is 0 Å². The molecule has 0 N–H and O–H groups in total. The number of thioether (sulfide) groups is 1. The molecule has 7 heteroatoms. The lowest BCUT2D eigenvalue weighted by molar-refractivity contribution is 0.886. The molecule has 0 amide bonds. The van der Waals surface area contributed by atoms with Crippen molar-refractivity contribution in [2.24, 2.45) is 0 Å². The van der Waals surface area contributed by atoms with Gasteiger partial charge in [0.2, 0.25) is 0 Å². The van der Waals surface area contributed by atoms with E-state index in [1.165, 1.54) is 0 Å². The third-order valence-corrected chi connectivity index (χ3v) is 7.08. The Bertz CT molecular complexity index is 1200. The van der Waals surface area contributed by atoms with Crippen molar-refractivity contribution in [3.05, 3.63) is 89.3 Å². The first-order chi connectivity index (χ1) is 14.4. The second kappa shape index (κ2) is 8.32. The molecule has 5 rings (SSSR count). The van der Waals surface area contributed by atoms with Gasteiger partial charge in [-0.1, -0.05) is 66.4 Å². The molecule has 0 bridgehead atoms. The molecule has 142 valence electrons. The van der Waals surface area contributed by atoms with E-state index >= 15 is 0 Å². The molecule has 0 spiro atoms. The number of hydrogen-bond acceptors (Lipinski definition) is 6. The summed E-state index contributed by atoms with van der Waals surface area (Å²) >= 11 is 5.01. The lowest BCUT2D eigenvalue weighted by atomic mass is 10.2. The number of rotatable bonds is 6. The quantitative estimate of drug-likeness (QED) is 0.291. The van der Waals surface area contributed by atoms with Crippen molar-refractivity contribution >= 4 is 34.4 Å². The van der Waals surface area contributed by atoms with Crippen LogP contribution >= 0.6 is 34.4 Å². The number of nitrogens with zero attached hydrogens (tertiary/aromatic N) is 4. The maximum absolute atomic E-state index is 4.80. The fourth-order valence-corrected chi connectivity index (χ4v) is 5.44. The average Bonchev–Trinajstić information content (AvgIpc) is 3.54. The Balaban J connectivity index is 1.43. The van der Waals surface area contributed by atoms with Crippen molar-refractivity contribution in [1.82, 2.24) is 19.7 Å². The molecular formula is C22H16N4S3. The monoisotopic (exact) mass is 432 g/mol. The number of para-hydroxylation sites is 1. The van der Waals surface area contributed by atoms with Crippen LogP contribution in [0.3, 0.4) is 0 Å². The fraction of sp³-hybridized carbons (Fsp3) is 0.0455. The lowest BCUT2D eigenvalue weighted by Gasteiger charge is -2.08. The van der Waals surface area contributed by atoms with Crippen molar-refractivity contribution in [3.8, 4) is 27.0 Å². The molecule has 0 saturated carbocycles. The molecule has 3 heterocycles. The minimum Gasteiger partial charge on any atom is -0.269 e. The van der Waals surface area contributed by atoms with Crippen LogP contribution in [0.2, 0.25) is 0 Å². The Kier molecular flexibility index (Phi) is 5.25. The summed E-state index contributed by atoms with van der Waals surface area (Å²) in [5.41, 5.74) is 3.27. The second-order valence-electron chi connectivity index (χ2n) is 6.25. The molecule has 0 aliphatic carbocycles. The normalized spacial score (nSPS) is 11.0. The molecule has 3 aromatic heterocycles. The third kappa shape index (κ3) is 3.89. The zero-order valence-corrected chi connectivity index (χ0v) is 17.8. The molecule has 0 fully saturated rings. The maximum atomic E-state index is 4.80. The van der Waals surface area contributed by atoms with Crippen molar-refractivity contribution in [3.63, 3.8) is 0 Å². The second-order valence-corrected chi connectivity index (χ2v) is 9.00. The molecule has 2 aromatic carbocycles. The molecule has 0 radical (unpaired) electrons. The highest BCUT2D eigenvalue weighted by Crippen LogP contribution is 2.32. The predicted octanol–water partition coefficient (Wildman–Crippen LogP) is 6.41. The highest BCUT2D eigenvalue weighted by Gasteiger charge is 2.17. The molecule has 0 aliphatic rings. The van der Waals surface area contributed by atoms with E-state index in [2.05, 4.69) is 55.9 Å². The van der Waals surface area contributed by atoms with Crippen molar-refractivity contribution in [2.45, 2.75) is 10.9 Å². The number of thiazole rings is 1. The first kappa shape index (κ1) is 18.3. The van der Waals surface area contributed by atoms with E-state index in [1.807, 2.05) is 42.5 Å². The van der Waals surface area contributed by atoms with Gasteiger partial charge < -0.3 is 0 Å². The number of aromatic nitrogens is 4. The smallest absolute Gasteiger partial charge is 0.196 e. The van der Waals surface area contributed by atoms with Crippen LogP contribution in [-0.4, -0.2) is 19.7 Å². The van der Waals surface area contributed by atoms with Gasteiger partial charge in [0.1, 0.15) is 5.01 Å². The summed E-state index contributed by atoms with van der Waals surface area (Å²) in [5, 5.41) is 15.1. The summed E-state index contributed by atoms with van der Waals surface area (Å²) in [7, 11) is 0.